The molecule has 0 spiro atoms. The van der Waals surface area contributed by atoms with Gasteiger partial charge in [-0.15, -0.1) is 0 Å². The number of amides is 1. The first kappa shape index (κ1) is 18.1. The zero-order valence-electron chi connectivity index (χ0n) is 14.1. The van der Waals surface area contributed by atoms with E-state index in [9.17, 15) is 4.79 Å². The summed E-state index contributed by atoms with van der Waals surface area (Å²) in [7, 11) is 0. The van der Waals surface area contributed by atoms with Crippen molar-refractivity contribution in [2.75, 3.05) is 0 Å². The highest BCUT2D eigenvalue weighted by Crippen LogP contribution is 2.17. The van der Waals surface area contributed by atoms with E-state index in [4.69, 9.17) is 22.1 Å². The summed E-state index contributed by atoms with van der Waals surface area (Å²) in [5, 5.41) is 25.1. The molecule has 1 aromatic carbocycles. The molecule has 0 unspecified atom stereocenters. The minimum absolute atomic E-state index is 0.272. The number of hydrogen-bond donors (Lipinski definition) is 1. The molecule has 0 bridgehead atoms. The van der Waals surface area contributed by atoms with Crippen molar-refractivity contribution in [2.24, 2.45) is 0 Å². The molecule has 3 rings (SSSR count). The number of carbonyl (C=O) groups excluding carboxylic acids is 1. The maximum absolute atomic E-state index is 12.5. The molecule has 8 nitrogen and oxygen atoms in total. The Bertz CT molecular complexity index is 1080. The van der Waals surface area contributed by atoms with Crippen LogP contribution in [0.25, 0.3) is 5.82 Å². The molecule has 9 heteroatoms. The van der Waals surface area contributed by atoms with Crippen LogP contribution in [0.1, 0.15) is 40.3 Å². The van der Waals surface area contributed by atoms with Crippen LogP contribution < -0.4 is 5.32 Å². The Morgan fingerprint density at radius 2 is 1.96 bits per heavy atom. The zero-order valence-corrected chi connectivity index (χ0v) is 14.8. The number of benzene rings is 1. The van der Waals surface area contributed by atoms with E-state index in [1.807, 2.05) is 12.1 Å². The molecule has 0 aliphatic heterocycles. The van der Waals surface area contributed by atoms with Crippen LogP contribution in [0.5, 0.6) is 0 Å². The van der Waals surface area contributed by atoms with Crippen molar-refractivity contribution in [3.8, 4) is 18.0 Å². The van der Waals surface area contributed by atoms with Crippen LogP contribution in [-0.4, -0.2) is 25.7 Å². The largest absolute Gasteiger partial charge is 0.342 e. The molecule has 0 fully saturated rings. The fourth-order valence-corrected chi connectivity index (χ4v) is 2.66. The van der Waals surface area contributed by atoms with E-state index in [1.165, 1.54) is 35.4 Å². The van der Waals surface area contributed by atoms with Gasteiger partial charge in [-0.2, -0.15) is 20.3 Å². The summed E-state index contributed by atoms with van der Waals surface area (Å²) < 4.78 is 1.48. The van der Waals surface area contributed by atoms with Crippen molar-refractivity contribution in [1.82, 2.24) is 25.1 Å². The zero-order chi connectivity index (χ0) is 19.4. The van der Waals surface area contributed by atoms with Crippen LogP contribution in [-0.2, 0) is 0 Å². The molecule has 2 heterocycles. The van der Waals surface area contributed by atoms with Crippen molar-refractivity contribution in [1.29, 1.82) is 10.5 Å². The summed E-state index contributed by atoms with van der Waals surface area (Å²) in [4.78, 5) is 20.9. The molecule has 1 amide bonds. The van der Waals surface area contributed by atoms with Gasteiger partial charge in [0.05, 0.1) is 23.2 Å². The van der Waals surface area contributed by atoms with Crippen LogP contribution in [0.3, 0.4) is 0 Å². The molecular weight excluding hydrogens is 366 g/mol. The third-order valence-electron chi connectivity index (χ3n) is 3.69. The number of pyridine rings is 1. The number of nitriles is 2. The molecule has 0 aliphatic carbocycles. The van der Waals surface area contributed by atoms with Crippen LogP contribution in [0.2, 0.25) is 5.02 Å². The van der Waals surface area contributed by atoms with E-state index < -0.39 is 11.9 Å². The first-order chi connectivity index (χ1) is 13.0. The lowest BCUT2D eigenvalue weighted by molar-refractivity contribution is 0.0938. The molecule has 27 heavy (non-hydrogen) atoms. The summed E-state index contributed by atoms with van der Waals surface area (Å²) in [5.41, 5.74) is 0.995. The van der Waals surface area contributed by atoms with E-state index in [-0.39, 0.29) is 5.56 Å². The Kier molecular flexibility index (Phi) is 5.11. The maximum atomic E-state index is 12.5. The molecule has 0 aliphatic rings. The second-order valence-corrected chi connectivity index (χ2v) is 6.02. The van der Waals surface area contributed by atoms with Gasteiger partial charge in [0.1, 0.15) is 12.4 Å². The van der Waals surface area contributed by atoms with Crippen LogP contribution in [0, 0.1) is 22.7 Å². The fraction of sp³-hybridized carbons (Fsp3) is 0.111. The topological polar surface area (TPSA) is 120 Å². The summed E-state index contributed by atoms with van der Waals surface area (Å²) in [6, 6.07) is 11.1. The first-order valence-electron chi connectivity index (χ1n) is 7.80. The molecule has 3 aromatic rings. The van der Waals surface area contributed by atoms with E-state index in [2.05, 4.69) is 20.4 Å². The predicted octanol–water partition coefficient (Wildman–Crippen LogP) is 2.55. The van der Waals surface area contributed by atoms with Gasteiger partial charge in [0.15, 0.2) is 11.6 Å². The Labute approximate surface area is 159 Å². The lowest BCUT2D eigenvalue weighted by Gasteiger charge is -2.14. The number of nitrogens with one attached hydrogen (secondary N) is 1. The summed E-state index contributed by atoms with van der Waals surface area (Å²) >= 11 is 5.95. The first-order valence-corrected chi connectivity index (χ1v) is 8.17. The molecule has 2 aromatic heterocycles. The standard InChI is InChI=1S/C18H12ClN7O/c1-11(25-18(27)14-4-13(8-21)5-15(19)6-14)17-23-10-24-26(17)16-3-2-12(7-20)9-22-16/h2-6,9-11H,1H3,(H,25,27)/t11-/m0/s1. The van der Waals surface area contributed by atoms with Gasteiger partial charge in [0.25, 0.3) is 5.91 Å². The van der Waals surface area contributed by atoms with E-state index >= 15 is 0 Å². The number of aromatic nitrogens is 4. The predicted molar refractivity (Wildman–Crippen MR) is 95.9 cm³/mol. The van der Waals surface area contributed by atoms with Gasteiger partial charge in [0.2, 0.25) is 0 Å². The van der Waals surface area contributed by atoms with Crippen molar-refractivity contribution >= 4 is 17.5 Å². The normalized spacial score (nSPS) is 11.3. The van der Waals surface area contributed by atoms with E-state index in [0.29, 0.717) is 27.8 Å². The average Bonchev–Trinajstić information content (AvgIpc) is 3.17. The van der Waals surface area contributed by atoms with Crippen LogP contribution in [0.4, 0.5) is 0 Å². The van der Waals surface area contributed by atoms with Crippen molar-refractivity contribution in [2.45, 2.75) is 13.0 Å². The third-order valence-corrected chi connectivity index (χ3v) is 3.91. The molecule has 0 radical (unpaired) electrons. The highest BCUT2D eigenvalue weighted by molar-refractivity contribution is 6.31. The van der Waals surface area contributed by atoms with Gasteiger partial charge in [-0.3, -0.25) is 4.79 Å². The number of rotatable bonds is 4. The number of hydrogen-bond acceptors (Lipinski definition) is 6. The molecule has 0 saturated heterocycles. The van der Waals surface area contributed by atoms with Gasteiger partial charge in [-0.25, -0.2) is 9.97 Å². The summed E-state index contributed by atoms with van der Waals surface area (Å²) in [6.07, 6.45) is 2.78. The smallest absolute Gasteiger partial charge is 0.251 e. The van der Waals surface area contributed by atoms with E-state index in [0.717, 1.165) is 0 Å². The highest BCUT2D eigenvalue weighted by Gasteiger charge is 2.19. The molecule has 0 saturated carbocycles. The van der Waals surface area contributed by atoms with Gasteiger partial charge in [-0.1, -0.05) is 11.6 Å². The van der Waals surface area contributed by atoms with Crippen molar-refractivity contribution in [3.63, 3.8) is 0 Å². The van der Waals surface area contributed by atoms with E-state index in [1.54, 1.807) is 19.1 Å². The van der Waals surface area contributed by atoms with Gasteiger partial charge < -0.3 is 5.32 Å². The Hall–Kier alpha value is -3.75. The molecule has 1 N–H and O–H groups in total. The van der Waals surface area contributed by atoms with Gasteiger partial charge in [-0.05, 0) is 37.3 Å². The lowest BCUT2D eigenvalue weighted by atomic mass is 10.1. The Balaban J connectivity index is 1.83. The fourth-order valence-electron chi connectivity index (χ4n) is 2.43. The Morgan fingerprint density at radius 1 is 1.19 bits per heavy atom. The maximum Gasteiger partial charge on any atom is 0.251 e. The minimum Gasteiger partial charge on any atom is -0.342 e. The second-order valence-electron chi connectivity index (χ2n) is 5.58. The van der Waals surface area contributed by atoms with Crippen LogP contribution in [0.15, 0.2) is 42.9 Å². The molecule has 1 atom stereocenters. The SMILES string of the molecule is C[C@H](NC(=O)c1cc(Cl)cc(C#N)c1)c1ncnn1-c1ccc(C#N)cn1. The highest BCUT2D eigenvalue weighted by atomic mass is 35.5. The van der Waals surface area contributed by atoms with Gasteiger partial charge in [0, 0.05) is 16.8 Å². The quantitative estimate of drug-likeness (QED) is 0.745. The average molecular weight is 378 g/mol. The van der Waals surface area contributed by atoms with Crippen LogP contribution >= 0.6 is 11.6 Å². The number of halogens is 1. The number of nitrogens with zero attached hydrogens (tertiary/aromatic N) is 6. The lowest BCUT2D eigenvalue weighted by Crippen LogP contribution is -2.29. The monoisotopic (exact) mass is 377 g/mol. The third kappa shape index (κ3) is 3.92. The second kappa shape index (κ2) is 7.65. The van der Waals surface area contributed by atoms with Crippen molar-refractivity contribution in [3.05, 3.63) is 70.4 Å². The summed E-state index contributed by atoms with van der Waals surface area (Å²) in [6.45, 7) is 1.75. The van der Waals surface area contributed by atoms with Gasteiger partial charge >= 0.3 is 0 Å². The molecular formula is C18H12ClN7O. The van der Waals surface area contributed by atoms with Crippen molar-refractivity contribution < 1.29 is 4.79 Å². The molecule has 132 valence electrons. The summed E-state index contributed by atoms with van der Waals surface area (Å²) in [5.74, 6) is 0.532. The Morgan fingerprint density at radius 3 is 2.63 bits per heavy atom. The minimum atomic E-state index is -0.498. The number of carbonyl (C=O) groups is 1.